The highest BCUT2D eigenvalue weighted by Crippen LogP contribution is 2.23. The molecule has 7 heteroatoms. The molecule has 3 aromatic heterocycles. The van der Waals surface area contributed by atoms with Crippen molar-refractivity contribution in [3.8, 4) is 23.0 Å². The number of pyridine rings is 1. The van der Waals surface area contributed by atoms with Gasteiger partial charge >= 0.3 is 0 Å². The Morgan fingerprint density at radius 2 is 1.76 bits per heavy atom. The largest absolute Gasteiger partial charge is 0.352 e. The highest BCUT2D eigenvalue weighted by molar-refractivity contribution is 5.59. The predicted molar refractivity (Wildman–Crippen MR) is 96.2 cm³/mol. The van der Waals surface area contributed by atoms with Gasteiger partial charge in [-0.25, -0.2) is 9.97 Å². The first-order chi connectivity index (χ1) is 11.9. The molecular weight excluding hydrogens is 316 g/mol. The summed E-state index contributed by atoms with van der Waals surface area (Å²) in [6, 6.07) is 6.00. The van der Waals surface area contributed by atoms with Crippen LogP contribution in [0.25, 0.3) is 23.0 Å². The van der Waals surface area contributed by atoms with Crippen LogP contribution in [-0.2, 0) is 6.42 Å². The van der Waals surface area contributed by atoms with Gasteiger partial charge < -0.3 is 9.84 Å². The highest BCUT2D eigenvalue weighted by Gasteiger charge is 2.15. The zero-order valence-corrected chi connectivity index (χ0v) is 15.2. The van der Waals surface area contributed by atoms with Crippen LogP contribution >= 0.6 is 0 Å². The van der Waals surface area contributed by atoms with E-state index in [0.717, 1.165) is 29.1 Å². The van der Waals surface area contributed by atoms with Crippen molar-refractivity contribution in [2.45, 2.75) is 47.1 Å². The minimum atomic E-state index is 0.236. The fourth-order valence-corrected chi connectivity index (χ4v) is 2.49. The first-order valence-electron chi connectivity index (χ1n) is 8.39. The molecule has 25 heavy (non-hydrogen) atoms. The maximum absolute atomic E-state index is 5.43. The molecule has 0 unspecified atom stereocenters. The van der Waals surface area contributed by atoms with E-state index in [2.05, 4.69) is 37.3 Å². The summed E-state index contributed by atoms with van der Waals surface area (Å²) >= 11 is 0. The first kappa shape index (κ1) is 17.0. The maximum atomic E-state index is 5.43. The number of nitrogens with one attached hydrogen (secondary N) is 1. The summed E-state index contributed by atoms with van der Waals surface area (Å²) in [6.45, 7) is 10.0. The Morgan fingerprint density at radius 3 is 2.48 bits per heavy atom. The van der Waals surface area contributed by atoms with Crippen molar-refractivity contribution in [1.29, 1.82) is 0 Å². The number of aromatic nitrogens is 5. The predicted octanol–water partition coefficient (Wildman–Crippen LogP) is 3.59. The van der Waals surface area contributed by atoms with Gasteiger partial charge in [-0.2, -0.15) is 4.98 Å². The molecule has 0 aliphatic carbocycles. The van der Waals surface area contributed by atoms with Crippen LogP contribution in [0, 0.1) is 13.8 Å². The maximum Gasteiger partial charge on any atom is 0.277 e. The molecule has 3 aromatic rings. The molecule has 0 saturated heterocycles. The van der Waals surface area contributed by atoms with Gasteiger partial charge in [0.05, 0.1) is 0 Å². The summed E-state index contributed by atoms with van der Waals surface area (Å²) in [6.07, 6.45) is 0.856. The van der Waals surface area contributed by atoms with Crippen LogP contribution in [0.5, 0.6) is 0 Å². The van der Waals surface area contributed by atoms with E-state index in [9.17, 15) is 0 Å². The summed E-state index contributed by atoms with van der Waals surface area (Å²) in [4.78, 5) is 17.8. The van der Waals surface area contributed by atoms with Crippen LogP contribution < -0.4 is 5.32 Å². The summed E-state index contributed by atoms with van der Waals surface area (Å²) in [5, 5.41) is 7.30. The fraction of sp³-hybridized carbons (Fsp3) is 0.389. The Balaban J connectivity index is 1.96. The van der Waals surface area contributed by atoms with Crippen molar-refractivity contribution in [1.82, 2.24) is 25.1 Å². The third-order valence-corrected chi connectivity index (χ3v) is 3.54. The lowest BCUT2D eigenvalue weighted by atomic mass is 10.1. The van der Waals surface area contributed by atoms with Gasteiger partial charge in [-0.15, -0.1) is 0 Å². The second-order valence-corrected chi connectivity index (χ2v) is 6.28. The molecule has 0 aliphatic heterocycles. The van der Waals surface area contributed by atoms with Gasteiger partial charge in [0.25, 0.3) is 5.89 Å². The summed E-state index contributed by atoms with van der Waals surface area (Å²) in [5.41, 5.74) is 4.27. The number of aryl methyl sites for hydroxylation is 3. The van der Waals surface area contributed by atoms with E-state index < -0.39 is 0 Å². The van der Waals surface area contributed by atoms with Crippen molar-refractivity contribution >= 4 is 5.95 Å². The molecular formula is C18H22N6O. The molecule has 0 aliphatic rings. The number of rotatable bonds is 5. The molecule has 3 heterocycles. The van der Waals surface area contributed by atoms with E-state index >= 15 is 0 Å². The Kier molecular flexibility index (Phi) is 4.74. The lowest BCUT2D eigenvalue weighted by Crippen LogP contribution is -2.13. The molecule has 0 radical (unpaired) electrons. The smallest absolute Gasteiger partial charge is 0.277 e. The zero-order valence-electron chi connectivity index (χ0n) is 15.2. The molecule has 1 N–H and O–H groups in total. The molecule has 130 valence electrons. The second-order valence-electron chi connectivity index (χ2n) is 6.28. The van der Waals surface area contributed by atoms with E-state index in [0.29, 0.717) is 23.4 Å². The Hall–Kier alpha value is -2.83. The molecule has 0 saturated carbocycles. The van der Waals surface area contributed by atoms with Crippen molar-refractivity contribution in [3.05, 3.63) is 35.3 Å². The van der Waals surface area contributed by atoms with Crippen molar-refractivity contribution in [3.63, 3.8) is 0 Å². The van der Waals surface area contributed by atoms with Gasteiger partial charge in [0.15, 0.2) is 0 Å². The van der Waals surface area contributed by atoms with E-state index in [1.807, 2.05) is 45.9 Å². The monoisotopic (exact) mass is 338 g/mol. The number of nitrogens with zero attached hydrogens (tertiary/aromatic N) is 5. The zero-order chi connectivity index (χ0) is 18.0. The van der Waals surface area contributed by atoms with Crippen molar-refractivity contribution < 1.29 is 4.52 Å². The van der Waals surface area contributed by atoms with Gasteiger partial charge in [-0.1, -0.05) is 12.1 Å². The number of hydrogen-bond donors (Lipinski definition) is 1. The van der Waals surface area contributed by atoms with E-state index in [1.54, 1.807) is 0 Å². The van der Waals surface area contributed by atoms with Crippen molar-refractivity contribution in [2.24, 2.45) is 0 Å². The fourth-order valence-electron chi connectivity index (χ4n) is 2.49. The quantitative estimate of drug-likeness (QED) is 0.760. The third kappa shape index (κ3) is 3.99. The van der Waals surface area contributed by atoms with Crippen LogP contribution in [0.1, 0.15) is 37.9 Å². The molecule has 3 rings (SSSR count). The minimum absolute atomic E-state index is 0.236. The van der Waals surface area contributed by atoms with E-state index in [4.69, 9.17) is 4.52 Å². The SMILES string of the molecule is CCc1cc(-c2noc(-c3cc(C)nc(NC(C)C)n3)n2)cc(C)n1. The van der Waals surface area contributed by atoms with Crippen LogP contribution in [-0.4, -0.2) is 31.1 Å². The number of hydrogen-bond acceptors (Lipinski definition) is 7. The number of anilines is 1. The summed E-state index contributed by atoms with van der Waals surface area (Å²) < 4.78 is 5.43. The average Bonchev–Trinajstić information content (AvgIpc) is 3.03. The van der Waals surface area contributed by atoms with Crippen molar-refractivity contribution in [2.75, 3.05) is 5.32 Å². The molecule has 0 amide bonds. The van der Waals surface area contributed by atoms with Gasteiger partial charge in [-0.3, -0.25) is 4.98 Å². The lowest BCUT2D eigenvalue weighted by Gasteiger charge is -2.09. The summed E-state index contributed by atoms with van der Waals surface area (Å²) in [5.74, 6) is 1.46. The normalized spacial score (nSPS) is 11.1. The Labute approximate surface area is 146 Å². The van der Waals surface area contributed by atoms with Crippen LogP contribution in [0.3, 0.4) is 0 Å². The highest BCUT2D eigenvalue weighted by atomic mass is 16.5. The van der Waals surface area contributed by atoms with E-state index in [-0.39, 0.29) is 6.04 Å². The van der Waals surface area contributed by atoms with Gasteiger partial charge in [0.1, 0.15) is 5.69 Å². The summed E-state index contributed by atoms with van der Waals surface area (Å²) in [7, 11) is 0. The molecule has 0 fully saturated rings. The molecule has 7 nitrogen and oxygen atoms in total. The third-order valence-electron chi connectivity index (χ3n) is 3.54. The average molecular weight is 338 g/mol. The Morgan fingerprint density at radius 1 is 1.00 bits per heavy atom. The molecule has 0 aromatic carbocycles. The second kappa shape index (κ2) is 6.96. The minimum Gasteiger partial charge on any atom is -0.352 e. The van der Waals surface area contributed by atoms with Gasteiger partial charge in [-0.05, 0) is 52.3 Å². The van der Waals surface area contributed by atoms with Gasteiger partial charge in [0, 0.05) is 28.7 Å². The topological polar surface area (TPSA) is 89.6 Å². The van der Waals surface area contributed by atoms with Crippen LogP contribution in [0.2, 0.25) is 0 Å². The Bertz CT molecular complexity index is 887. The van der Waals surface area contributed by atoms with E-state index in [1.165, 1.54) is 0 Å². The van der Waals surface area contributed by atoms with Gasteiger partial charge in [0.2, 0.25) is 11.8 Å². The van der Waals surface area contributed by atoms with Crippen LogP contribution in [0.4, 0.5) is 5.95 Å². The molecule has 0 spiro atoms. The van der Waals surface area contributed by atoms with Crippen LogP contribution in [0.15, 0.2) is 22.7 Å². The first-order valence-corrected chi connectivity index (χ1v) is 8.39. The lowest BCUT2D eigenvalue weighted by molar-refractivity contribution is 0.431. The standard InChI is InChI=1S/C18H22N6O/c1-6-14-9-13(7-11(4)20-14)16-23-17(25-24-16)15-8-12(5)21-18(22-15)19-10(2)3/h7-10H,6H2,1-5H3,(H,19,21,22). The molecule has 0 atom stereocenters. The molecule has 0 bridgehead atoms.